The lowest BCUT2D eigenvalue weighted by Crippen LogP contribution is -1.97. The minimum absolute atomic E-state index is 0.0579. The SMILES string of the molecule is CCOc1ccc2c(c1)C(=O)c1cc(O)ccc1-2. The van der Waals surface area contributed by atoms with Gasteiger partial charge in [0.15, 0.2) is 5.78 Å². The summed E-state index contributed by atoms with van der Waals surface area (Å²) in [6, 6.07) is 10.4. The van der Waals surface area contributed by atoms with Crippen molar-refractivity contribution in [3.63, 3.8) is 0 Å². The lowest BCUT2D eigenvalue weighted by atomic mass is 10.1. The monoisotopic (exact) mass is 240 g/mol. The molecule has 0 spiro atoms. The molecule has 1 aliphatic rings. The summed E-state index contributed by atoms with van der Waals surface area (Å²) in [5, 5.41) is 9.46. The first-order chi connectivity index (χ1) is 8.70. The molecule has 1 aliphatic carbocycles. The summed E-state index contributed by atoms with van der Waals surface area (Å²) in [5.74, 6) is 0.749. The average Bonchev–Trinajstić information content (AvgIpc) is 2.64. The maximum atomic E-state index is 12.2. The number of benzene rings is 2. The van der Waals surface area contributed by atoms with Gasteiger partial charge in [0.25, 0.3) is 0 Å². The van der Waals surface area contributed by atoms with Crippen LogP contribution in [0.5, 0.6) is 11.5 Å². The molecule has 0 aromatic heterocycles. The Morgan fingerprint density at radius 2 is 1.67 bits per heavy atom. The first kappa shape index (κ1) is 10.8. The van der Waals surface area contributed by atoms with Gasteiger partial charge >= 0.3 is 0 Å². The van der Waals surface area contributed by atoms with Gasteiger partial charge in [0, 0.05) is 11.1 Å². The van der Waals surface area contributed by atoms with E-state index >= 15 is 0 Å². The molecule has 0 heterocycles. The van der Waals surface area contributed by atoms with E-state index in [0.29, 0.717) is 23.5 Å². The predicted octanol–water partition coefficient (Wildman–Crippen LogP) is 3.00. The number of ether oxygens (including phenoxy) is 1. The Bertz CT molecular complexity index is 644. The molecule has 0 aliphatic heterocycles. The van der Waals surface area contributed by atoms with Crippen molar-refractivity contribution >= 4 is 5.78 Å². The van der Waals surface area contributed by atoms with Gasteiger partial charge in [0.05, 0.1) is 6.61 Å². The Morgan fingerprint density at radius 1 is 1.00 bits per heavy atom. The molecule has 0 amide bonds. The number of hydrogen-bond donors (Lipinski definition) is 1. The largest absolute Gasteiger partial charge is 0.508 e. The molecule has 18 heavy (non-hydrogen) atoms. The molecule has 0 fully saturated rings. The van der Waals surface area contributed by atoms with Crippen molar-refractivity contribution in [2.45, 2.75) is 6.92 Å². The van der Waals surface area contributed by atoms with Crippen molar-refractivity contribution in [2.24, 2.45) is 0 Å². The van der Waals surface area contributed by atoms with Crippen LogP contribution in [-0.2, 0) is 0 Å². The molecule has 2 aromatic carbocycles. The van der Waals surface area contributed by atoms with Crippen molar-refractivity contribution in [3.05, 3.63) is 47.5 Å². The summed E-state index contributed by atoms with van der Waals surface area (Å²) in [6.45, 7) is 2.47. The van der Waals surface area contributed by atoms with E-state index < -0.39 is 0 Å². The van der Waals surface area contributed by atoms with Gasteiger partial charge in [-0.05, 0) is 54.4 Å². The second-order valence-corrected chi connectivity index (χ2v) is 4.20. The Balaban J connectivity index is 2.17. The Kier molecular flexibility index (Phi) is 2.33. The molecule has 0 atom stereocenters. The normalized spacial score (nSPS) is 12.2. The number of phenols is 1. The number of ketones is 1. The smallest absolute Gasteiger partial charge is 0.194 e. The second kappa shape index (κ2) is 3.88. The third kappa shape index (κ3) is 1.48. The van der Waals surface area contributed by atoms with E-state index in [9.17, 15) is 9.90 Å². The van der Waals surface area contributed by atoms with Crippen molar-refractivity contribution < 1.29 is 14.6 Å². The lowest BCUT2D eigenvalue weighted by molar-refractivity contribution is 0.104. The quantitative estimate of drug-likeness (QED) is 0.749. The van der Waals surface area contributed by atoms with Gasteiger partial charge < -0.3 is 9.84 Å². The van der Waals surface area contributed by atoms with E-state index in [-0.39, 0.29) is 11.5 Å². The number of hydrogen-bond acceptors (Lipinski definition) is 3. The van der Waals surface area contributed by atoms with E-state index in [1.54, 1.807) is 18.2 Å². The zero-order chi connectivity index (χ0) is 12.7. The van der Waals surface area contributed by atoms with Crippen LogP contribution in [-0.4, -0.2) is 17.5 Å². The molecule has 0 unspecified atom stereocenters. The fourth-order valence-corrected chi connectivity index (χ4v) is 2.30. The van der Waals surface area contributed by atoms with E-state index in [2.05, 4.69) is 0 Å². The van der Waals surface area contributed by atoms with Crippen LogP contribution in [0.25, 0.3) is 11.1 Å². The molecular formula is C15H12O3. The van der Waals surface area contributed by atoms with Crippen molar-refractivity contribution in [1.29, 1.82) is 0 Å². The van der Waals surface area contributed by atoms with Crippen LogP contribution in [0, 0.1) is 0 Å². The average molecular weight is 240 g/mol. The van der Waals surface area contributed by atoms with Gasteiger partial charge in [-0.25, -0.2) is 0 Å². The fourth-order valence-electron chi connectivity index (χ4n) is 2.30. The van der Waals surface area contributed by atoms with Crippen molar-refractivity contribution in [1.82, 2.24) is 0 Å². The van der Waals surface area contributed by atoms with Crippen LogP contribution < -0.4 is 4.74 Å². The van der Waals surface area contributed by atoms with Gasteiger partial charge in [-0.1, -0.05) is 0 Å². The minimum Gasteiger partial charge on any atom is -0.508 e. The number of carbonyl (C=O) groups is 1. The minimum atomic E-state index is -0.0579. The number of aromatic hydroxyl groups is 1. The van der Waals surface area contributed by atoms with Crippen LogP contribution in [0.1, 0.15) is 22.8 Å². The first-order valence-electron chi connectivity index (χ1n) is 5.85. The molecule has 90 valence electrons. The van der Waals surface area contributed by atoms with E-state index in [1.165, 1.54) is 6.07 Å². The Morgan fingerprint density at radius 3 is 2.39 bits per heavy atom. The van der Waals surface area contributed by atoms with Gasteiger partial charge in [0.2, 0.25) is 0 Å². The fraction of sp³-hybridized carbons (Fsp3) is 0.133. The summed E-state index contributed by atoms with van der Waals surface area (Å²) in [5.41, 5.74) is 2.97. The van der Waals surface area contributed by atoms with Crippen LogP contribution in [0.3, 0.4) is 0 Å². The molecule has 0 saturated heterocycles. The molecule has 3 rings (SSSR count). The first-order valence-corrected chi connectivity index (χ1v) is 5.85. The van der Waals surface area contributed by atoms with Gasteiger partial charge in [0.1, 0.15) is 11.5 Å². The standard InChI is InChI=1S/C15H12O3/c1-2-18-10-4-6-12-11-5-3-9(16)7-13(11)15(17)14(12)8-10/h3-8,16H,2H2,1H3. The van der Waals surface area contributed by atoms with Crippen LogP contribution >= 0.6 is 0 Å². The topological polar surface area (TPSA) is 46.5 Å². The highest BCUT2D eigenvalue weighted by Gasteiger charge is 2.27. The van der Waals surface area contributed by atoms with E-state index in [4.69, 9.17) is 4.74 Å². The maximum absolute atomic E-state index is 12.2. The number of fused-ring (bicyclic) bond motifs is 3. The van der Waals surface area contributed by atoms with E-state index in [0.717, 1.165) is 11.1 Å². The highest BCUT2D eigenvalue weighted by molar-refractivity contribution is 6.22. The molecule has 0 saturated carbocycles. The highest BCUT2D eigenvalue weighted by atomic mass is 16.5. The Hall–Kier alpha value is -2.29. The molecule has 0 bridgehead atoms. The molecule has 1 N–H and O–H groups in total. The van der Waals surface area contributed by atoms with Crippen LogP contribution in [0.4, 0.5) is 0 Å². The highest BCUT2D eigenvalue weighted by Crippen LogP contribution is 2.39. The maximum Gasteiger partial charge on any atom is 0.194 e. The van der Waals surface area contributed by atoms with Crippen molar-refractivity contribution in [3.8, 4) is 22.6 Å². The Labute approximate surface area is 105 Å². The summed E-state index contributed by atoms with van der Waals surface area (Å²) in [6.07, 6.45) is 0. The second-order valence-electron chi connectivity index (χ2n) is 4.20. The third-order valence-electron chi connectivity index (χ3n) is 3.08. The summed E-state index contributed by atoms with van der Waals surface area (Å²) in [7, 11) is 0. The van der Waals surface area contributed by atoms with Gasteiger partial charge in [-0.15, -0.1) is 0 Å². The van der Waals surface area contributed by atoms with E-state index in [1.807, 2.05) is 19.1 Å². The summed E-state index contributed by atoms with van der Waals surface area (Å²) >= 11 is 0. The predicted molar refractivity (Wildman–Crippen MR) is 68.1 cm³/mol. The molecule has 0 radical (unpaired) electrons. The molecule has 3 heteroatoms. The van der Waals surface area contributed by atoms with Gasteiger partial charge in [-0.2, -0.15) is 0 Å². The van der Waals surface area contributed by atoms with Crippen LogP contribution in [0.15, 0.2) is 36.4 Å². The lowest BCUT2D eigenvalue weighted by Gasteiger charge is -2.05. The number of phenolic OH excluding ortho intramolecular Hbond substituents is 1. The molecule has 2 aromatic rings. The summed E-state index contributed by atoms with van der Waals surface area (Å²) in [4.78, 5) is 12.2. The van der Waals surface area contributed by atoms with Gasteiger partial charge in [-0.3, -0.25) is 4.79 Å². The van der Waals surface area contributed by atoms with Crippen molar-refractivity contribution in [2.75, 3.05) is 6.61 Å². The zero-order valence-corrected chi connectivity index (χ0v) is 9.93. The number of carbonyl (C=O) groups excluding carboxylic acids is 1. The summed E-state index contributed by atoms with van der Waals surface area (Å²) < 4.78 is 5.40. The zero-order valence-electron chi connectivity index (χ0n) is 9.93. The third-order valence-corrected chi connectivity index (χ3v) is 3.08. The molecular weight excluding hydrogens is 228 g/mol. The van der Waals surface area contributed by atoms with Crippen LogP contribution in [0.2, 0.25) is 0 Å². The number of rotatable bonds is 2. The molecule has 3 nitrogen and oxygen atoms in total.